The highest BCUT2D eigenvalue weighted by Gasteiger charge is 2.24. The minimum absolute atomic E-state index is 0.226. The first-order valence-corrected chi connectivity index (χ1v) is 6.26. The summed E-state index contributed by atoms with van der Waals surface area (Å²) in [6.45, 7) is 1.43. The summed E-state index contributed by atoms with van der Waals surface area (Å²) in [5, 5.41) is 0. The zero-order chi connectivity index (χ0) is 11.5. The highest BCUT2D eigenvalue weighted by atomic mass is 79.9. The van der Waals surface area contributed by atoms with Crippen LogP contribution in [0.3, 0.4) is 0 Å². The second-order valence-electron chi connectivity index (χ2n) is 4.17. The summed E-state index contributed by atoms with van der Waals surface area (Å²) in [5.74, 6) is -0.0168. The lowest BCUT2D eigenvalue weighted by Gasteiger charge is -2.28. The molecule has 1 aromatic carbocycles. The summed E-state index contributed by atoms with van der Waals surface area (Å²) in [6.07, 6.45) is 2.02. The van der Waals surface area contributed by atoms with Crippen molar-refractivity contribution in [1.82, 2.24) is 0 Å². The molecule has 2 atom stereocenters. The van der Waals surface area contributed by atoms with Gasteiger partial charge in [-0.1, -0.05) is 22.0 Å². The fourth-order valence-corrected chi connectivity index (χ4v) is 2.41. The predicted molar refractivity (Wildman–Crippen MR) is 64.6 cm³/mol. The number of rotatable bonds is 2. The van der Waals surface area contributed by atoms with Crippen LogP contribution in [0, 0.1) is 11.7 Å². The van der Waals surface area contributed by atoms with Crippen LogP contribution in [-0.4, -0.2) is 13.2 Å². The number of hydrogen-bond acceptors (Lipinski definition) is 2. The summed E-state index contributed by atoms with van der Waals surface area (Å²) in [7, 11) is 0. The maximum absolute atomic E-state index is 13.7. The van der Waals surface area contributed by atoms with Gasteiger partial charge in [-0.05, 0) is 25.0 Å². The van der Waals surface area contributed by atoms with Gasteiger partial charge in [0.2, 0.25) is 0 Å². The van der Waals surface area contributed by atoms with Gasteiger partial charge in [0, 0.05) is 28.6 Å². The number of hydrogen-bond donors (Lipinski definition) is 1. The van der Waals surface area contributed by atoms with Gasteiger partial charge in [-0.2, -0.15) is 0 Å². The molecule has 1 fully saturated rings. The SMILES string of the molecule is NC(c1ccc(Br)cc1F)C1CCCOC1. The van der Waals surface area contributed by atoms with Crippen molar-refractivity contribution in [3.8, 4) is 0 Å². The third-order valence-corrected chi connectivity index (χ3v) is 3.52. The molecule has 2 nitrogen and oxygen atoms in total. The first-order valence-electron chi connectivity index (χ1n) is 5.47. The molecule has 1 aliphatic heterocycles. The molecule has 2 unspecified atom stereocenters. The van der Waals surface area contributed by atoms with Crippen molar-refractivity contribution < 1.29 is 9.13 Å². The minimum atomic E-state index is -0.270. The molecule has 0 spiro atoms. The van der Waals surface area contributed by atoms with Crippen molar-refractivity contribution in [1.29, 1.82) is 0 Å². The Bertz CT molecular complexity index is 366. The number of benzene rings is 1. The molecule has 2 rings (SSSR count). The van der Waals surface area contributed by atoms with Gasteiger partial charge in [-0.15, -0.1) is 0 Å². The van der Waals surface area contributed by atoms with E-state index in [2.05, 4.69) is 15.9 Å². The zero-order valence-electron chi connectivity index (χ0n) is 8.96. The van der Waals surface area contributed by atoms with Gasteiger partial charge in [-0.25, -0.2) is 4.39 Å². The Morgan fingerprint density at radius 2 is 2.31 bits per heavy atom. The largest absolute Gasteiger partial charge is 0.381 e. The Balaban J connectivity index is 2.15. The van der Waals surface area contributed by atoms with Crippen molar-refractivity contribution in [2.24, 2.45) is 11.7 Å². The molecule has 4 heteroatoms. The second kappa shape index (κ2) is 5.25. The molecule has 0 aliphatic carbocycles. The summed E-state index contributed by atoms with van der Waals surface area (Å²) in [5.41, 5.74) is 6.67. The van der Waals surface area contributed by atoms with Gasteiger partial charge < -0.3 is 10.5 Å². The van der Waals surface area contributed by atoms with E-state index in [-0.39, 0.29) is 17.8 Å². The third kappa shape index (κ3) is 2.62. The van der Waals surface area contributed by atoms with E-state index in [1.54, 1.807) is 6.07 Å². The summed E-state index contributed by atoms with van der Waals surface area (Å²) in [4.78, 5) is 0. The van der Waals surface area contributed by atoms with Gasteiger partial charge in [0.05, 0.1) is 6.61 Å². The van der Waals surface area contributed by atoms with E-state index in [4.69, 9.17) is 10.5 Å². The Kier molecular flexibility index (Phi) is 3.95. The van der Waals surface area contributed by atoms with E-state index in [1.807, 2.05) is 6.07 Å². The first kappa shape index (κ1) is 12.0. The van der Waals surface area contributed by atoms with Crippen LogP contribution in [0.5, 0.6) is 0 Å². The molecule has 0 aromatic heterocycles. The molecule has 0 radical (unpaired) electrons. The highest BCUT2D eigenvalue weighted by Crippen LogP contribution is 2.29. The smallest absolute Gasteiger partial charge is 0.129 e. The molecule has 0 bridgehead atoms. The summed E-state index contributed by atoms with van der Waals surface area (Å²) < 4.78 is 19.8. The van der Waals surface area contributed by atoms with E-state index < -0.39 is 0 Å². The standard InChI is InChI=1S/C12H15BrFNO/c13-9-3-4-10(11(14)6-9)12(15)8-2-1-5-16-7-8/h3-4,6,8,12H,1-2,5,7,15H2. The summed E-state index contributed by atoms with van der Waals surface area (Å²) in [6, 6.07) is 4.76. The van der Waals surface area contributed by atoms with Crippen molar-refractivity contribution in [2.45, 2.75) is 18.9 Å². The van der Waals surface area contributed by atoms with E-state index in [0.717, 1.165) is 23.9 Å². The molecule has 0 amide bonds. The molecule has 1 aromatic rings. The van der Waals surface area contributed by atoms with Crippen LogP contribution in [0.25, 0.3) is 0 Å². The molecule has 1 aliphatic rings. The van der Waals surface area contributed by atoms with Gasteiger partial charge in [0.1, 0.15) is 5.82 Å². The van der Waals surface area contributed by atoms with Gasteiger partial charge in [0.15, 0.2) is 0 Å². The monoisotopic (exact) mass is 287 g/mol. The van der Waals surface area contributed by atoms with Crippen molar-refractivity contribution in [3.63, 3.8) is 0 Å². The Hall–Kier alpha value is -0.450. The lowest BCUT2D eigenvalue weighted by Crippen LogP contribution is -2.29. The molecule has 1 saturated heterocycles. The maximum Gasteiger partial charge on any atom is 0.129 e. The van der Waals surface area contributed by atoms with E-state index in [1.165, 1.54) is 6.07 Å². The fraction of sp³-hybridized carbons (Fsp3) is 0.500. The van der Waals surface area contributed by atoms with Crippen molar-refractivity contribution >= 4 is 15.9 Å². The van der Waals surface area contributed by atoms with E-state index in [0.29, 0.717) is 12.2 Å². The Morgan fingerprint density at radius 3 is 2.94 bits per heavy atom. The van der Waals surface area contributed by atoms with Crippen LogP contribution in [0.1, 0.15) is 24.4 Å². The highest BCUT2D eigenvalue weighted by molar-refractivity contribution is 9.10. The van der Waals surface area contributed by atoms with Crippen LogP contribution in [0.15, 0.2) is 22.7 Å². The van der Waals surface area contributed by atoms with Gasteiger partial charge >= 0.3 is 0 Å². The molecule has 1 heterocycles. The van der Waals surface area contributed by atoms with Crippen LogP contribution >= 0.6 is 15.9 Å². The summed E-state index contributed by atoms with van der Waals surface area (Å²) >= 11 is 3.24. The number of halogens is 2. The molecule has 0 saturated carbocycles. The normalized spacial score (nSPS) is 23.1. The number of nitrogens with two attached hydrogens (primary N) is 1. The fourth-order valence-electron chi connectivity index (χ4n) is 2.07. The van der Waals surface area contributed by atoms with E-state index >= 15 is 0 Å². The maximum atomic E-state index is 13.7. The lowest BCUT2D eigenvalue weighted by molar-refractivity contribution is 0.0443. The average Bonchev–Trinajstić information content (AvgIpc) is 2.29. The molecule has 88 valence electrons. The molecule has 16 heavy (non-hydrogen) atoms. The van der Waals surface area contributed by atoms with E-state index in [9.17, 15) is 4.39 Å². The quantitative estimate of drug-likeness (QED) is 0.908. The van der Waals surface area contributed by atoms with Gasteiger partial charge in [-0.3, -0.25) is 0 Å². The second-order valence-corrected chi connectivity index (χ2v) is 5.08. The third-order valence-electron chi connectivity index (χ3n) is 3.02. The molecular weight excluding hydrogens is 273 g/mol. The molecular formula is C12H15BrFNO. The van der Waals surface area contributed by atoms with Crippen LogP contribution in [0.2, 0.25) is 0 Å². The van der Waals surface area contributed by atoms with Gasteiger partial charge in [0.25, 0.3) is 0 Å². The van der Waals surface area contributed by atoms with Crippen molar-refractivity contribution in [2.75, 3.05) is 13.2 Å². The lowest BCUT2D eigenvalue weighted by atomic mass is 9.89. The Labute approximate surface area is 103 Å². The minimum Gasteiger partial charge on any atom is -0.381 e. The Morgan fingerprint density at radius 1 is 1.50 bits per heavy atom. The number of ether oxygens (including phenoxy) is 1. The van der Waals surface area contributed by atoms with Crippen LogP contribution < -0.4 is 5.73 Å². The van der Waals surface area contributed by atoms with Crippen LogP contribution in [-0.2, 0) is 4.74 Å². The zero-order valence-corrected chi connectivity index (χ0v) is 10.5. The topological polar surface area (TPSA) is 35.2 Å². The van der Waals surface area contributed by atoms with Crippen LogP contribution in [0.4, 0.5) is 4.39 Å². The average molecular weight is 288 g/mol. The molecule has 2 N–H and O–H groups in total. The predicted octanol–water partition coefficient (Wildman–Crippen LogP) is 3.01. The van der Waals surface area contributed by atoms with Crippen molar-refractivity contribution in [3.05, 3.63) is 34.1 Å². The first-order chi connectivity index (χ1) is 7.68.